The first kappa shape index (κ1) is 18.1. The van der Waals surface area contributed by atoms with E-state index < -0.39 is 0 Å². The van der Waals surface area contributed by atoms with E-state index in [9.17, 15) is 10.4 Å². The molecule has 1 fully saturated rings. The largest absolute Gasteiger partial charge is 0.506 e. The summed E-state index contributed by atoms with van der Waals surface area (Å²) in [6, 6.07) is 18.2. The fourth-order valence-corrected chi connectivity index (χ4v) is 3.81. The average Bonchev–Trinajstić information content (AvgIpc) is 3.13. The van der Waals surface area contributed by atoms with Gasteiger partial charge in [-0.05, 0) is 30.7 Å². The maximum absolute atomic E-state index is 10.6. The normalized spacial score (nSPS) is 16.1. The Morgan fingerprint density at radius 1 is 1.18 bits per heavy atom. The van der Waals surface area contributed by atoms with E-state index in [2.05, 4.69) is 52.1 Å². The van der Waals surface area contributed by atoms with E-state index in [4.69, 9.17) is 0 Å². The van der Waals surface area contributed by atoms with Gasteiger partial charge in [-0.2, -0.15) is 5.26 Å². The van der Waals surface area contributed by atoms with Crippen molar-refractivity contribution >= 4 is 22.3 Å². The highest BCUT2D eigenvalue weighted by Gasteiger charge is 2.24. The minimum atomic E-state index is 0.0981. The SMILES string of the molecule is Cc1ccccc1N1CC[NH+](C/C(O)=C(\C#N)c2nc3ccccc3[nH]2)CC1. The molecule has 0 saturated carbocycles. The van der Waals surface area contributed by atoms with Gasteiger partial charge >= 0.3 is 0 Å². The lowest BCUT2D eigenvalue weighted by Crippen LogP contribution is -3.15. The van der Waals surface area contributed by atoms with Gasteiger partial charge in [-0.1, -0.05) is 30.3 Å². The Morgan fingerprint density at radius 2 is 1.89 bits per heavy atom. The molecule has 0 bridgehead atoms. The lowest BCUT2D eigenvalue weighted by atomic mass is 10.1. The molecule has 4 rings (SSSR count). The highest BCUT2D eigenvalue weighted by Crippen LogP contribution is 2.20. The predicted molar refractivity (Wildman–Crippen MR) is 110 cm³/mol. The van der Waals surface area contributed by atoms with Crippen LogP contribution in [0.5, 0.6) is 0 Å². The lowest BCUT2D eigenvalue weighted by Gasteiger charge is -2.34. The molecular formula is C22H24N5O+. The summed E-state index contributed by atoms with van der Waals surface area (Å²) in [5.41, 5.74) is 4.44. The number of nitriles is 1. The van der Waals surface area contributed by atoms with Gasteiger partial charge in [0.15, 0.2) is 11.6 Å². The Balaban J connectivity index is 1.46. The van der Waals surface area contributed by atoms with E-state index in [1.54, 1.807) is 0 Å². The van der Waals surface area contributed by atoms with Crippen LogP contribution in [0.15, 0.2) is 54.3 Å². The number of anilines is 1. The Bertz CT molecular complexity index is 1020. The number of nitrogens with zero attached hydrogens (tertiary/aromatic N) is 3. The van der Waals surface area contributed by atoms with Crippen LogP contribution < -0.4 is 9.80 Å². The van der Waals surface area contributed by atoms with Crippen LogP contribution in [0.3, 0.4) is 0 Å². The van der Waals surface area contributed by atoms with Crippen molar-refractivity contribution in [2.75, 3.05) is 37.6 Å². The van der Waals surface area contributed by atoms with Crippen LogP contribution >= 0.6 is 0 Å². The fourth-order valence-electron chi connectivity index (χ4n) is 3.81. The summed E-state index contributed by atoms with van der Waals surface area (Å²) >= 11 is 0. The second-order valence-electron chi connectivity index (χ2n) is 7.24. The molecule has 0 atom stereocenters. The second-order valence-corrected chi connectivity index (χ2v) is 7.24. The lowest BCUT2D eigenvalue weighted by molar-refractivity contribution is -0.897. The maximum atomic E-state index is 10.6. The molecule has 3 aromatic rings. The van der Waals surface area contributed by atoms with Crippen LogP contribution in [0, 0.1) is 18.3 Å². The van der Waals surface area contributed by atoms with Gasteiger partial charge in [-0.3, -0.25) is 0 Å². The van der Waals surface area contributed by atoms with Crippen LogP contribution in [-0.2, 0) is 0 Å². The van der Waals surface area contributed by atoms with Gasteiger partial charge in [0.2, 0.25) is 0 Å². The van der Waals surface area contributed by atoms with Crippen molar-refractivity contribution in [3.8, 4) is 6.07 Å². The Morgan fingerprint density at radius 3 is 2.61 bits per heavy atom. The molecule has 0 unspecified atom stereocenters. The third-order valence-corrected chi connectivity index (χ3v) is 5.37. The van der Waals surface area contributed by atoms with Crippen molar-refractivity contribution in [1.82, 2.24) is 9.97 Å². The summed E-state index contributed by atoms with van der Waals surface area (Å²) in [6.07, 6.45) is 0. The average molecular weight is 374 g/mol. The summed E-state index contributed by atoms with van der Waals surface area (Å²) < 4.78 is 0. The van der Waals surface area contributed by atoms with E-state index in [1.807, 2.05) is 24.3 Å². The van der Waals surface area contributed by atoms with E-state index in [0.717, 1.165) is 37.2 Å². The summed E-state index contributed by atoms with van der Waals surface area (Å²) in [5, 5.41) is 20.2. The van der Waals surface area contributed by atoms with Gasteiger partial charge in [-0.25, -0.2) is 4.98 Å². The molecule has 2 heterocycles. The van der Waals surface area contributed by atoms with Crippen molar-refractivity contribution in [2.24, 2.45) is 0 Å². The molecular weight excluding hydrogens is 350 g/mol. The number of fused-ring (bicyclic) bond motifs is 1. The first-order chi connectivity index (χ1) is 13.7. The number of hydrogen-bond acceptors (Lipinski definition) is 4. The third kappa shape index (κ3) is 3.57. The fraction of sp³-hybridized carbons (Fsp3) is 0.273. The number of imidazole rings is 1. The highest BCUT2D eigenvalue weighted by atomic mass is 16.3. The van der Waals surface area contributed by atoms with Gasteiger partial charge in [-0.15, -0.1) is 0 Å². The number of aliphatic hydroxyl groups excluding tert-OH is 1. The topological polar surface area (TPSA) is 80.4 Å². The number of piperazine rings is 1. The van der Waals surface area contributed by atoms with Crippen LogP contribution in [0.25, 0.3) is 16.6 Å². The number of rotatable bonds is 4. The van der Waals surface area contributed by atoms with Crippen molar-refractivity contribution in [1.29, 1.82) is 5.26 Å². The summed E-state index contributed by atoms with van der Waals surface area (Å²) in [4.78, 5) is 11.2. The van der Waals surface area contributed by atoms with Gasteiger partial charge in [0.05, 0.1) is 37.2 Å². The number of quaternary nitrogens is 1. The van der Waals surface area contributed by atoms with E-state index in [1.165, 1.54) is 16.2 Å². The molecule has 1 aliphatic heterocycles. The Labute approximate surface area is 164 Å². The number of allylic oxidation sites excluding steroid dienone is 1. The van der Waals surface area contributed by atoms with Crippen LogP contribution in [0.2, 0.25) is 0 Å². The molecule has 1 aliphatic rings. The molecule has 1 aromatic heterocycles. The van der Waals surface area contributed by atoms with Crippen molar-refractivity contribution in [2.45, 2.75) is 6.92 Å². The molecule has 6 heteroatoms. The zero-order valence-corrected chi connectivity index (χ0v) is 15.9. The van der Waals surface area contributed by atoms with Crippen LogP contribution in [0.1, 0.15) is 11.4 Å². The minimum absolute atomic E-state index is 0.0981. The van der Waals surface area contributed by atoms with Crippen molar-refractivity contribution in [3.05, 3.63) is 65.7 Å². The molecule has 1 saturated heterocycles. The molecule has 3 N–H and O–H groups in total. The first-order valence-corrected chi connectivity index (χ1v) is 9.57. The molecule has 2 aromatic carbocycles. The van der Waals surface area contributed by atoms with E-state index >= 15 is 0 Å². The quantitative estimate of drug-likeness (QED) is 0.482. The highest BCUT2D eigenvalue weighted by molar-refractivity contribution is 5.82. The number of aromatic nitrogens is 2. The molecule has 0 aliphatic carbocycles. The number of nitrogens with one attached hydrogen (secondary N) is 2. The standard InChI is InChI=1S/C22H23N5O/c1-16-6-2-5-9-20(16)27-12-10-26(11-13-27)15-21(28)17(14-23)22-24-18-7-3-4-8-19(18)25-22/h2-9,28H,10-13,15H2,1H3,(H,24,25)/p+1/b21-17-. The number of para-hydroxylation sites is 3. The first-order valence-electron chi connectivity index (χ1n) is 9.57. The predicted octanol–water partition coefficient (Wildman–Crippen LogP) is 2.07. The Hall–Kier alpha value is -3.30. The summed E-state index contributed by atoms with van der Waals surface area (Å²) in [6.45, 7) is 6.26. The van der Waals surface area contributed by atoms with Crippen LogP contribution in [0.4, 0.5) is 5.69 Å². The minimum Gasteiger partial charge on any atom is -0.506 e. The monoisotopic (exact) mass is 374 g/mol. The smallest absolute Gasteiger partial charge is 0.169 e. The zero-order valence-electron chi connectivity index (χ0n) is 15.9. The van der Waals surface area contributed by atoms with E-state index in [0.29, 0.717) is 12.4 Å². The van der Waals surface area contributed by atoms with Crippen molar-refractivity contribution in [3.63, 3.8) is 0 Å². The number of aliphatic hydroxyl groups is 1. The summed E-state index contributed by atoms with van der Waals surface area (Å²) in [5.74, 6) is 0.528. The zero-order chi connectivity index (χ0) is 19.5. The number of H-pyrrole nitrogens is 1. The van der Waals surface area contributed by atoms with Gasteiger partial charge in [0, 0.05) is 5.69 Å². The van der Waals surface area contributed by atoms with Crippen LogP contribution in [-0.4, -0.2) is 47.8 Å². The molecule has 0 radical (unpaired) electrons. The molecule has 28 heavy (non-hydrogen) atoms. The number of aryl methyl sites for hydroxylation is 1. The maximum Gasteiger partial charge on any atom is 0.169 e. The summed E-state index contributed by atoms with van der Waals surface area (Å²) in [7, 11) is 0. The number of aromatic amines is 1. The second kappa shape index (κ2) is 7.75. The molecule has 6 nitrogen and oxygen atoms in total. The number of benzene rings is 2. The molecule has 0 spiro atoms. The van der Waals surface area contributed by atoms with E-state index in [-0.39, 0.29) is 11.3 Å². The Kier molecular flexibility index (Phi) is 5.00. The third-order valence-electron chi connectivity index (χ3n) is 5.37. The molecule has 0 amide bonds. The number of hydrogen-bond donors (Lipinski definition) is 3. The van der Waals surface area contributed by atoms with Gasteiger partial charge < -0.3 is 19.9 Å². The van der Waals surface area contributed by atoms with Crippen molar-refractivity contribution < 1.29 is 10.0 Å². The van der Waals surface area contributed by atoms with Gasteiger partial charge in [0.1, 0.15) is 18.2 Å². The van der Waals surface area contributed by atoms with Gasteiger partial charge in [0.25, 0.3) is 0 Å². The molecule has 142 valence electrons.